The van der Waals surface area contributed by atoms with Crippen molar-refractivity contribution in [2.24, 2.45) is 5.92 Å². The van der Waals surface area contributed by atoms with E-state index < -0.39 is 0 Å². The first-order chi connectivity index (χ1) is 11.5. The number of nitrogens with one attached hydrogen (secondary N) is 1. The lowest BCUT2D eigenvalue weighted by Crippen LogP contribution is -2.25. The fourth-order valence-corrected chi connectivity index (χ4v) is 2.76. The molecule has 0 aromatic heterocycles. The van der Waals surface area contributed by atoms with Gasteiger partial charge in [-0.15, -0.1) is 0 Å². The molecule has 0 aliphatic carbocycles. The molecule has 0 aliphatic heterocycles. The summed E-state index contributed by atoms with van der Waals surface area (Å²) >= 11 is 5.95. The third kappa shape index (κ3) is 4.20. The number of amides is 1. The smallest absolute Gasteiger partial charge is 0.232 e. The molecule has 4 nitrogen and oxygen atoms in total. The van der Waals surface area contributed by atoms with Gasteiger partial charge in [0, 0.05) is 11.1 Å². The molecule has 0 fully saturated rings. The average molecular weight is 348 g/mol. The van der Waals surface area contributed by atoms with Gasteiger partial charge in [0.2, 0.25) is 5.91 Å². The highest BCUT2D eigenvalue weighted by molar-refractivity contribution is 6.30. The number of benzene rings is 2. The Morgan fingerprint density at radius 1 is 1.04 bits per heavy atom. The third-order valence-corrected chi connectivity index (χ3v) is 4.09. The fraction of sp³-hybridized carbons (Fsp3) is 0.316. The molecule has 0 aliphatic rings. The molecule has 2 rings (SSSR count). The molecule has 128 valence electrons. The number of ether oxygens (including phenoxy) is 2. The lowest BCUT2D eigenvalue weighted by Gasteiger charge is -2.22. The van der Waals surface area contributed by atoms with Gasteiger partial charge < -0.3 is 14.8 Å². The maximum absolute atomic E-state index is 12.9. The van der Waals surface area contributed by atoms with Crippen molar-refractivity contribution in [1.82, 2.24) is 0 Å². The summed E-state index contributed by atoms with van der Waals surface area (Å²) in [6.45, 7) is 4.03. The summed E-state index contributed by atoms with van der Waals surface area (Å²) in [5, 5.41) is 3.60. The van der Waals surface area contributed by atoms with Gasteiger partial charge in [0.25, 0.3) is 0 Å². The summed E-state index contributed by atoms with van der Waals surface area (Å²) in [5.41, 5.74) is 1.51. The van der Waals surface area contributed by atoms with Gasteiger partial charge in [0.15, 0.2) is 0 Å². The van der Waals surface area contributed by atoms with E-state index in [2.05, 4.69) is 5.32 Å². The van der Waals surface area contributed by atoms with E-state index in [1.807, 2.05) is 26.0 Å². The zero-order valence-electron chi connectivity index (χ0n) is 14.3. The van der Waals surface area contributed by atoms with E-state index >= 15 is 0 Å². The van der Waals surface area contributed by atoms with Crippen molar-refractivity contribution < 1.29 is 14.3 Å². The Labute approximate surface area is 147 Å². The monoisotopic (exact) mass is 347 g/mol. The van der Waals surface area contributed by atoms with Gasteiger partial charge in [-0.25, -0.2) is 0 Å². The lowest BCUT2D eigenvalue weighted by atomic mass is 9.87. The normalized spacial score (nSPS) is 11.9. The second-order valence-corrected chi connectivity index (χ2v) is 6.27. The minimum Gasteiger partial charge on any atom is -0.497 e. The molecule has 0 saturated carbocycles. The number of methoxy groups -OCH3 is 2. The molecular weight excluding hydrogens is 326 g/mol. The molecule has 5 heteroatoms. The van der Waals surface area contributed by atoms with E-state index in [1.165, 1.54) is 0 Å². The predicted molar refractivity (Wildman–Crippen MR) is 97.2 cm³/mol. The molecular formula is C19H22ClNO3. The summed E-state index contributed by atoms with van der Waals surface area (Å²) in [5.74, 6) is 0.973. The summed E-state index contributed by atoms with van der Waals surface area (Å²) in [4.78, 5) is 12.9. The molecule has 1 N–H and O–H groups in total. The van der Waals surface area contributed by atoms with Gasteiger partial charge in [-0.05, 0) is 35.7 Å². The van der Waals surface area contributed by atoms with Crippen molar-refractivity contribution in [3.05, 3.63) is 53.1 Å². The second-order valence-electron chi connectivity index (χ2n) is 5.83. The minimum atomic E-state index is -0.293. The van der Waals surface area contributed by atoms with Crippen molar-refractivity contribution in [3.8, 4) is 11.5 Å². The van der Waals surface area contributed by atoms with Crippen LogP contribution in [-0.2, 0) is 4.79 Å². The zero-order valence-corrected chi connectivity index (χ0v) is 15.1. The third-order valence-electron chi connectivity index (χ3n) is 3.84. The van der Waals surface area contributed by atoms with Crippen molar-refractivity contribution in [3.63, 3.8) is 0 Å². The number of carbonyl (C=O) groups excluding carboxylic acids is 1. The Bertz CT molecular complexity index is 698. The maximum atomic E-state index is 12.9. The van der Waals surface area contributed by atoms with Gasteiger partial charge in [0.1, 0.15) is 11.5 Å². The minimum absolute atomic E-state index is 0.0983. The van der Waals surface area contributed by atoms with E-state index in [0.717, 1.165) is 5.56 Å². The van der Waals surface area contributed by atoms with Crippen LogP contribution >= 0.6 is 11.6 Å². The fourth-order valence-electron chi connectivity index (χ4n) is 2.63. The van der Waals surface area contributed by atoms with Crippen LogP contribution in [-0.4, -0.2) is 20.1 Å². The first-order valence-corrected chi connectivity index (χ1v) is 8.12. The molecule has 1 amide bonds. The summed E-state index contributed by atoms with van der Waals surface area (Å²) in [6, 6.07) is 12.7. The Balaban J connectivity index is 2.30. The van der Waals surface area contributed by atoms with E-state index in [9.17, 15) is 4.79 Å². The molecule has 2 aromatic carbocycles. The Morgan fingerprint density at radius 2 is 1.71 bits per heavy atom. The predicted octanol–water partition coefficient (Wildman–Crippen LogP) is 4.74. The Kier molecular flexibility index (Phi) is 6.10. The van der Waals surface area contributed by atoms with Crippen LogP contribution in [0.1, 0.15) is 25.3 Å². The highest BCUT2D eigenvalue weighted by atomic mass is 35.5. The van der Waals surface area contributed by atoms with E-state index in [0.29, 0.717) is 22.2 Å². The van der Waals surface area contributed by atoms with Crippen molar-refractivity contribution >= 4 is 23.2 Å². The standard InChI is InChI=1S/C19H22ClNO3/c1-12(2)18(13-5-7-14(20)8-6-13)19(22)21-16-11-15(23-3)9-10-17(16)24-4/h5-12,18H,1-4H3,(H,21,22)/t18-/m1/s1. The molecule has 0 bridgehead atoms. The zero-order chi connectivity index (χ0) is 17.7. The van der Waals surface area contributed by atoms with Gasteiger partial charge >= 0.3 is 0 Å². The summed E-state index contributed by atoms with van der Waals surface area (Å²) in [7, 11) is 3.15. The van der Waals surface area contributed by atoms with Gasteiger partial charge in [-0.3, -0.25) is 4.79 Å². The van der Waals surface area contributed by atoms with Crippen molar-refractivity contribution in [2.75, 3.05) is 19.5 Å². The van der Waals surface area contributed by atoms with Crippen LogP contribution < -0.4 is 14.8 Å². The lowest BCUT2D eigenvalue weighted by molar-refractivity contribution is -0.118. The Hall–Kier alpha value is -2.20. The quantitative estimate of drug-likeness (QED) is 0.821. The molecule has 0 radical (unpaired) electrons. The molecule has 0 heterocycles. The number of hydrogen-bond acceptors (Lipinski definition) is 3. The first kappa shape index (κ1) is 18.1. The molecule has 1 atom stereocenters. The van der Waals surface area contributed by atoms with Crippen LogP contribution in [0, 0.1) is 5.92 Å². The largest absolute Gasteiger partial charge is 0.497 e. The van der Waals surface area contributed by atoms with E-state index in [-0.39, 0.29) is 17.7 Å². The molecule has 0 spiro atoms. The molecule has 2 aromatic rings. The highest BCUT2D eigenvalue weighted by Crippen LogP contribution is 2.32. The van der Waals surface area contributed by atoms with Gasteiger partial charge in [-0.2, -0.15) is 0 Å². The first-order valence-electron chi connectivity index (χ1n) is 7.74. The molecule has 0 unspecified atom stereocenters. The van der Waals surface area contributed by atoms with Crippen LogP contribution in [0.3, 0.4) is 0 Å². The Morgan fingerprint density at radius 3 is 2.25 bits per heavy atom. The van der Waals surface area contributed by atoms with E-state index in [1.54, 1.807) is 44.6 Å². The van der Waals surface area contributed by atoms with Crippen LogP contribution in [0.15, 0.2) is 42.5 Å². The SMILES string of the molecule is COc1ccc(OC)c(NC(=O)[C@@H](c2ccc(Cl)cc2)C(C)C)c1. The van der Waals surface area contributed by atoms with Crippen LogP contribution in [0.4, 0.5) is 5.69 Å². The summed E-state index contributed by atoms with van der Waals surface area (Å²) in [6.07, 6.45) is 0. The number of carbonyl (C=O) groups is 1. The van der Waals surface area contributed by atoms with Gasteiger partial charge in [0.05, 0.1) is 25.8 Å². The van der Waals surface area contributed by atoms with Gasteiger partial charge in [-0.1, -0.05) is 37.6 Å². The van der Waals surface area contributed by atoms with Crippen LogP contribution in [0.5, 0.6) is 11.5 Å². The average Bonchev–Trinajstić information content (AvgIpc) is 2.56. The van der Waals surface area contributed by atoms with Crippen LogP contribution in [0.25, 0.3) is 0 Å². The van der Waals surface area contributed by atoms with Crippen molar-refractivity contribution in [2.45, 2.75) is 19.8 Å². The maximum Gasteiger partial charge on any atom is 0.232 e. The number of rotatable bonds is 6. The van der Waals surface area contributed by atoms with Crippen LogP contribution in [0.2, 0.25) is 5.02 Å². The van der Waals surface area contributed by atoms with Crippen molar-refractivity contribution in [1.29, 1.82) is 0 Å². The number of hydrogen-bond donors (Lipinski definition) is 1. The number of halogens is 1. The number of anilines is 1. The summed E-state index contributed by atoms with van der Waals surface area (Å²) < 4.78 is 10.5. The topological polar surface area (TPSA) is 47.6 Å². The highest BCUT2D eigenvalue weighted by Gasteiger charge is 2.25. The second kappa shape index (κ2) is 8.06. The molecule has 24 heavy (non-hydrogen) atoms. The van der Waals surface area contributed by atoms with E-state index in [4.69, 9.17) is 21.1 Å². The molecule has 0 saturated heterocycles.